The Hall–Kier alpha value is -0.390. The van der Waals surface area contributed by atoms with Crippen LogP contribution < -0.4 is 10.6 Å². The van der Waals surface area contributed by atoms with Gasteiger partial charge in [0.15, 0.2) is 0 Å². The quantitative estimate of drug-likeness (QED) is 0.682. The van der Waals surface area contributed by atoms with Crippen LogP contribution in [-0.4, -0.2) is 35.8 Å². The second-order valence-corrected chi connectivity index (χ2v) is 6.78. The Morgan fingerprint density at radius 2 is 2.33 bits per heavy atom. The van der Waals surface area contributed by atoms with Gasteiger partial charge < -0.3 is 10.6 Å². The molecule has 98 valence electrons. The van der Waals surface area contributed by atoms with Gasteiger partial charge in [-0.3, -0.25) is 0 Å². The van der Waals surface area contributed by atoms with Crippen molar-refractivity contribution >= 4 is 46.4 Å². The summed E-state index contributed by atoms with van der Waals surface area (Å²) >= 11 is 8.95. The number of benzene rings is 1. The highest BCUT2D eigenvalue weighted by Gasteiger charge is 2.23. The number of nitrogens with two attached hydrogens (primary N) is 1. The molecule has 0 bridgehead atoms. The van der Waals surface area contributed by atoms with E-state index < -0.39 is 0 Å². The van der Waals surface area contributed by atoms with E-state index >= 15 is 0 Å². The minimum Gasteiger partial charge on any atom is -0.389 e. The van der Waals surface area contributed by atoms with Crippen LogP contribution in [0.25, 0.3) is 0 Å². The van der Waals surface area contributed by atoms with E-state index in [0.29, 0.717) is 11.0 Å². The van der Waals surface area contributed by atoms with Crippen molar-refractivity contribution in [2.45, 2.75) is 17.4 Å². The van der Waals surface area contributed by atoms with Crippen molar-refractivity contribution in [2.24, 2.45) is 5.73 Å². The second-order valence-electron chi connectivity index (χ2n) is 4.35. The lowest BCUT2D eigenvalue weighted by molar-refractivity contribution is 0.699. The largest absolute Gasteiger partial charge is 0.389 e. The summed E-state index contributed by atoms with van der Waals surface area (Å²) in [4.78, 5) is 4.00. The normalized spacial score (nSPS) is 18.9. The van der Waals surface area contributed by atoms with Gasteiger partial charge in [-0.15, -0.1) is 11.8 Å². The third kappa shape index (κ3) is 2.78. The number of hydrogen-bond acceptors (Lipinski definition) is 4. The molecule has 1 heterocycles. The summed E-state index contributed by atoms with van der Waals surface area (Å²) in [5.41, 5.74) is 8.11. The van der Waals surface area contributed by atoms with E-state index in [1.54, 1.807) is 11.8 Å². The van der Waals surface area contributed by atoms with Crippen molar-refractivity contribution < 1.29 is 0 Å². The molecule has 1 aliphatic rings. The summed E-state index contributed by atoms with van der Waals surface area (Å²) in [7, 11) is 2.15. The Morgan fingerprint density at radius 1 is 1.56 bits per heavy atom. The summed E-state index contributed by atoms with van der Waals surface area (Å²) in [5, 5.41) is 0. The summed E-state index contributed by atoms with van der Waals surface area (Å²) in [6.07, 6.45) is 3.30. The fraction of sp³-hybridized carbons (Fsp3) is 0.462. The molecule has 2 N–H and O–H groups in total. The van der Waals surface area contributed by atoms with E-state index in [9.17, 15) is 0 Å². The first kappa shape index (κ1) is 14.0. The molecule has 5 heteroatoms. The Kier molecular flexibility index (Phi) is 4.81. The highest BCUT2D eigenvalue weighted by atomic mass is 32.2. The zero-order valence-electron chi connectivity index (χ0n) is 10.7. The van der Waals surface area contributed by atoms with E-state index in [4.69, 9.17) is 18.0 Å². The predicted molar refractivity (Wildman–Crippen MR) is 88.2 cm³/mol. The van der Waals surface area contributed by atoms with Crippen LogP contribution in [0.15, 0.2) is 23.1 Å². The molecular weight excluding hydrogens is 280 g/mol. The third-order valence-electron chi connectivity index (χ3n) is 3.30. The molecule has 0 amide bonds. The number of thiocarbonyl (C=S) groups is 1. The molecule has 1 aromatic carbocycles. The van der Waals surface area contributed by atoms with Crippen molar-refractivity contribution in [3.8, 4) is 0 Å². The molecule has 0 saturated carbocycles. The predicted octanol–water partition coefficient (Wildman–Crippen LogP) is 2.98. The van der Waals surface area contributed by atoms with Crippen LogP contribution in [0.2, 0.25) is 0 Å². The maximum Gasteiger partial charge on any atom is 0.107 e. The lowest BCUT2D eigenvalue weighted by atomic mass is 10.1. The Labute approximate surface area is 123 Å². The van der Waals surface area contributed by atoms with Gasteiger partial charge in [0, 0.05) is 35.0 Å². The smallest absolute Gasteiger partial charge is 0.107 e. The average Bonchev–Trinajstić information content (AvgIpc) is 2.90. The van der Waals surface area contributed by atoms with Gasteiger partial charge in [0.2, 0.25) is 0 Å². The van der Waals surface area contributed by atoms with Gasteiger partial charge in [-0.2, -0.15) is 11.8 Å². The van der Waals surface area contributed by atoms with Crippen molar-refractivity contribution in [1.29, 1.82) is 0 Å². The van der Waals surface area contributed by atoms with Crippen LogP contribution in [0, 0.1) is 0 Å². The van der Waals surface area contributed by atoms with Crippen LogP contribution in [0.4, 0.5) is 5.69 Å². The standard InChI is InChI=1S/C13H18N2S3/c1-15(9-6-7-18-8-9)10-4-3-5-11(17-2)12(10)13(14)16/h3-5,9H,6-8H2,1-2H3,(H2,14,16). The molecule has 1 unspecified atom stereocenters. The Balaban J connectivity index is 2.39. The molecule has 1 aromatic rings. The van der Waals surface area contributed by atoms with Crippen LogP contribution in [-0.2, 0) is 0 Å². The van der Waals surface area contributed by atoms with E-state index in [1.807, 2.05) is 11.8 Å². The first-order valence-electron chi connectivity index (χ1n) is 5.92. The topological polar surface area (TPSA) is 29.3 Å². The van der Waals surface area contributed by atoms with Gasteiger partial charge in [0.05, 0.1) is 0 Å². The van der Waals surface area contributed by atoms with Crippen LogP contribution in [0.5, 0.6) is 0 Å². The molecule has 0 aliphatic carbocycles. The highest BCUT2D eigenvalue weighted by Crippen LogP contribution is 2.32. The van der Waals surface area contributed by atoms with Gasteiger partial charge >= 0.3 is 0 Å². The summed E-state index contributed by atoms with van der Waals surface area (Å²) < 4.78 is 0. The molecular formula is C13H18N2S3. The first-order valence-corrected chi connectivity index (χ1v) is 8.71. The van der Waals surface area contributed by atoms with Crippen molar-refractivity contribution in [2.75, 3.05) is 29.7 Å². The van der Waals surface area contributed by atoms with Gasteiger partial charge in [0.1, 0.15) is 4.99 Å². The number of hydrogen-bond donors (Lipinski definition) is 1. The fourth-order valence-corrected chi connectivity index (χ4v) is 4.44. The van der Waals surface area contributed by atoms with Crippen LogP contribution >= 0.6 is 35.7 Å². The molecule has 1 saturated heterocycles. The lowest BCUT2D eigenvalue weighted by Gasteiger charge is -2.28. The molecule has 2 nitrogen and oxygen atoms in total. The molecule has 0 spiro atoms. The zero-order valence-corrected chi connectivity index (χ0v) is 13.1. The zero-order chi connectivity index (χ0) is 13.1. The Morgan fingerprint density at radius 3 is 2.89 bits per heavy atom. The summed E-state index contributed by atoms with van der Waals surface area (Å²) in [6, 6.07) is 6.89. The number of thioether (sulfide) groups is 2. The molecule has 18 heavy (non-hydrogen) atoms. The van der Waals surface area contributed by atoms with Crippen molar-refractivity contribution in [3.05, 3.63) is 23.8 Å². The SMILES string of the molecule is CSc1cccc(N(C)C2CCSC2)c1C(N)=S. The number of anilines is 1. The summed E-state index contributed by atoms with van der Waals surface area (Å²) in [6.45, 7) is 0. The monoisotopic (exact) mass is 298 g/mol. The lowest BCUT2D eigenvalue weighted by Crippen LogP contribution is -2.33. The van der Waals surface area contributed by atoms with Crippen molar-refractivity contribution in [3.63, 3.8) is 0 Å². The van der Waals surface area contributed by atoms with Gasteiger partial charge in [-0.25, -0.2) is 0 Å². The maximum absolute atomic E-state index is 5.91. The highest BCUT2D eigenvalue weighted by molar-refractivity contribution is 7.99. The third-order valence-corrected chi connectivity index (χ3v) is 5.43. The van der Waals surface area contributed by atoms with Crippen LogP contribution in [0.3, 0.4) is 0 Å². The number of nitrogens with zero attached hydrogens (tertiary/aromatic N) is 1. The van der Waals surface area contributed by atoms with Gasteiger partial charge in [-0.05, 0) is 30.6 Å². The summed E-state index contributed by atoms with van der Waals surface area (Å²) in [5.74, 6) is 2.44. The molecule has 1 atom stereocenters. The molecule has 0 aromatic heterocycles. The molecule has 0 radical (unpaired) electrons. The Bertz CT molecular complexity index is 442. The van der Waals surface area contributed by atoms with Crippen molar-refractivity contribution in [1.82, 2.24) is 0 Å². The van der Waals surface area contributed by atoms with Gasteiger partial charge in [-0.1, -0.05) is 18.3 Å². The van der Waals surface area contributed by atoms with E-state index in [-0.39, 0.29) is 0 Å². The van der Waals surface area contributed by atoms with Gasteiger partial charge in [0.25, 0.3) is 0 Å². The molecule has 1 fully saturated rings. The van der Waals surface area contributed by atoms with Crippen LogP contribution in [0.1, 0.15) is 12.0 Å². The second kappa shape index (κ2) is 6.17. The van der Waals surface area contributed by atoms with E-state index in [2.05, 4.69) is 36.4 Å². The fourth-order valence-electron chi connectivity index (χ4n) is 2.26. The van der Waals surface area contributed by atoms with E-state index in [1.165, 1.54) is 23.6 Å². The minimum absolute atomic E-state index is 0.493. The molecule has 1 aliphatic heterocycles. The average molecular weight is 299 g/mol. The van der Waals surface area contributed by atoms with E-state index in [0.717, 1.165) is 10.5 Å². The number of rotatable bonds is 4. The molecule has 2 rings (SSSR count). The maximum atomic E-state index is 5.91. The minimum atomic E-state index is 0.493. The first-order chi connectivity index (χ1) is 8.65.